The van der Waals surface area contributed by atoms with E-state index in [9.17, 15) is 0 Å². The lowest BCUT2D eigenvalue weighted by Crippen LogP contribution is -2.44. The van der Waals surface area contributed by atoms with Gasteiger partial charge in [-0.3, -0.25) is 4.90 Å². The minimum atomic E-state index is 0.439. The lowest BCUT2D eigenvalue weighted by molar-refractivity contribution is 0.156. The minimum Gasteiger partial charge on any atom is -0.472 e. The van der Waals surface area contributed by atoms with E-state index >= 15 is 0 Å². The standard InChI is InChI=1S/C12H20N2O/c1-10(11-5-7-15-9-11)14(2)12-4-3-6-13-8-12/h5,7,9-10,12-13H,3-4,6,8H2,1-2H3. The molecule has 1 N–H and O–H groups in total. The fourth-order valence-corrected chi connectivity index (χ4v) is 2.25. The van der Waals surface area contributed by atoms with Gasteiger partial charge in [0, 0.05) is 24.2 Å². The van der Waals surface area contributed by atoms with Gasteiger partial charge in [0.1, 0.15) is 0 Å². The fourth-order valence-electron chi connectivity index (χ4n) is 2.25. The van der Waals surface area contributed by atoms with Crippen molar-refractivity contribution in [2.75, 3.05) is 20.1 Å². The van der Waals surface area contributed by atoms with Crippen LogP contribution in [0.2, 0.25) is 0 Å². The summed E-state index contributed by atoms with van der Waals surface area (Å²) in [7, 11) is 2.20. The summed E-state index contributed by atoms with van der Waals surface area (Å²) in [5.74, 6) is 0. The molecule has 2 rings (SSSR count). The molecule has 3 heteroatoms. The van der Waals surface area contributed by atoms with Crippen molar-refractivity contribution in [2.24, 2.45) is 0 Å². The van der Waals surface area contributed by atoms with E-state index in [-0.39, 0.29) is 0 Å². The third-order valence-corrected chi connectivity index (χ3v) is 3.48. The lowest BCUT2D eigenvalue weighted by Gasteiger charge is -2.35. The smallest absolute Gasteiger partial charge is 0.0950 e. The molecular formula is C12H20N2O. The molecular weight excluding hydrogens is 188 g/mol. The highest BCUT2D eigenvalue weighted by Crippen LogP contribution is 2.23. The molecule has 1 aliphatic rings. The van der Waals surface area contributed by atoms with Crippen LogP contribution < -0.4 is 5.32 Å². The first kappa shape index (κ1) is 10.7. The SMILES string of the molecule is CC(c1ccoc1)N(C)C1CCCNC1. The van der Waals surface area contributed by atoms with E-state index in [1.54, 1.807) is 6.26 Å². The van der Waals surface area contributed by atoms with E-state index in [1.165, 1.54) is 24.9 Å². The molecule has 1 fully saturated rings. The van der Waals surface area contributed by atoms with E-state index in [0.29, 0.717) is 12.1 Å². The molecule has 1 aliphatic heterocycles. The van der Waals surface area contributed by atoms with Crippen molar-refractivity contribution < 1.29 is 4.42 Å². The quantitative estimate of drug-likeness (QED) is 0.824. The number of furan rings is 1. The monoisotopic (exact) mass is 208 g/mol. The van der Waals surface area contributed by atoms with Crippen LogP contribution in [0.4, 0.5) is 0 Å². The maximum absolute atomic E-state index is 5.13. The molecule has 0 saturated carbocycles. The molecule has 0 aromatic carbocycles. The van der Waals surface area contributed by atoms with Crippen LogP contribution in [-0.4, -0.2) is 31.1 Å². The Hall–Kier alpha value is -0.800. The molecule has 2 unspecified atom stereocenters. The summed E-state index contributed by atoms with van der Waals surface area (Å²) in [6, 6.07) is 3.15. The van der Waals surface area contributed by atoms with Gasteiger partial charge < -0.3 is 9.73 Å². The van der Waals surface area contributed by atoms with Crippen molar-refractivity contribution in [2.45, 2.75) is 31.8 Å². The summed E-state index contributed by atoms with van der Waals surface area (Å²) in [5, 5.41) is 3.45. The summed E-state index contributed by atoms with van der Waals surface area (Å²) in [5.41, 5.74) is 1.27. The number of hydrogen-bond donors (Lipinski definition) is 1. The second-order valence-corrected chi connectivity index (χ2v) is 4.40. The van der Waals surface area contributed by atoms with Gasteiger partial charge in [-0.15, -0.1) is 0 Å². The highest BCUT2D eigenvalue weighted by atomic mass is 16.3. The molecule has 1 aromatic heterocycles. The van der Waals surface area contributed by atoms with Crippen molar-refractivity contribution in [1.29, 1.82) is 0 Å². The van der Waals surface area contributed by atoms with Crippen LogP contribution in [0.1, 0.15) is 31.4 Å². The number of nitrogens with one attached hydrogen (secondary N) is 1. The molecule has 1 saturated heterocycles. The van der Waals surface area contributed by atoms with E-state index in [2.05, 4.69) is 30.3 Å². The summed E-state index contributed by atoms with van der Waals surface area (Å²) >= 11 is 0. The predicted octanol–water partition coefficient (Wildman–Crippen LogP) is 2.02. The maximum Gasteiger partial charge on any atom is 0.0950 e. The molecule has 0 radical (unpaired) electrons. The van der Waals surface area contributed by atoms with Crippen molar-refractivity contribution >= 4 is 0 Å². The van der Waals surface area contributed by atoms with Gasteiger partial charge in [0.05, 0.1) is 12.5 Å². The number of rotatable bonds is 3. The second-order valence-electron chi connectivity index (χ2n) is 4.40. The topological polar surface area (TPSA) is 28.4 Å². The molecule has 2 atom stereocenters. The Morgan fingerprint density at radius 2 is 2.47 bits per heavy atom. The summed E-state index contributed by atoms with van der Waals surface area (Å²) in [6.07, 6.45) is 6.18. The van der Waals surface area contributed by atoms with E-state index in [4.69, 9.17) is 4.42 Å². The zero-order valence-electron chi connectivity index (χ0n) is 9.57. The van der Waals surface area contributed by atoms with Gasteiger partial charge in [-0.1, -0.05) is 0 Å². The second kappa shape index (κ2) is 4.81. The van der Waals surface area contributed by atoms with E-state index in [1.807, 2.05) is 6.26 Å². The van der Waals surface area contributed by atoms with Gasteiger partial charge in [-0.25, -0.2) is 0 Å². The number of hydrogen-bond acceptors (Lipinski definition) is 3. The predicted molar refractivity (Wildman–Crippen MR) is 60.8 cm³/mol. The third kappa shape index (κ3) is 2.41. The van der Waals surface area contributed by atoms with Gasteiger partial charge in [-0.2, -0.15) is 0 Å². The first-order valence-corrected chi connectivity index (χ1v) is 5.74. The van der Waals surface area contributed by atoms with Crippen LogP contribution in [0.3, 0.4) is 0 Å². The largest absolute Gasteiger partial charge is 0.472 e. The summed E-state index contributed by atoms with van der Waals surface area (Å²) in [6.45, 7) is 4.52. The van der Waals surface area contributed by atoms with Crippen LogP contribution in [0, 0.1) is 0 Å². The average molecular weight is 208 g/mol. The number of nitrogens with zero attached hydrogens (tertiary/aromatic N) is 1. The third-order valence-electron chi connectivity index (χ3n) is 3.48. The Morgan fingerprint density at radius 3 is 3.07 bits per heavy atom. The molecule has 0 bridgehead atoms. The van der Waals surface area contributed by atoms with Crippen molar-refractivity contribution in [3.63, 3.8) is 0 Å². The van der Waals surface area contributed by atoms with Crippen LogP contribution in [-0.2, 0) is 0 Å². The van der Waals surface area contributed by atoms with Gasteiger partial charge in [0.15, 0.2) is 0 Å². The van der Waals surface area contributed by atoms with Crippen molar-refractivity contribution in [3.05, 3.63) is 24.2 Å². The lowest BCUT2D eigenvalue weighted by atomic mass is 10.0. The Kier molecular flexibility index (Phi) is 3.44. The van der Waals surface area contributed by atoms with Crippen molar-refractivity contribution in [3.8, 4) is 0 Å². The molecule has 15 heavy (non-hydrogen) atoms. The zero-order valence-corrected chi connectivity index (χ0v) is 9.57. The first-order chi connectivity index (χ1) is 7.29. The Balaban J connectivity index is 1.97. The van der Waals surface area contributed by atoms with Crippen LogP contribution in [0.15, 0.2) is 23.0 Å². The zero-order chi connectivity index (χ0) is 10.7. The average Bonchev–Trinajstić information content (AvgIpc) is 2.82. The fraction of sp³-hybridized carbons (Fsp3) is 0.667. The highest BCUT2D eigenvalue weighted by molar-refractivity contribution is 5.11. The maximum atomic E-state index is 5.13. The summed E-state index contributed by atoms with van der Waals surface area (Å²) in [4.78, 5) is 2.44. The molecule has 1 aromatic rings. The summed E-state index contributed by atoms with van der Waals surface area (Å²) < 4.78 is 5.13. The van der Waals surface area contributed by atoms with Crippen LogP contribution in [0.5, 0.6) is 0 Å². The molecule has 2 heterocycles. The molecule has 0 amide bonds. The molecule has 84 valence electrons. The Morgan fingerprint density at radius 1 is 1.60 bits per heavy atom. The number of likely N-dealkylation sites (N-methyl/N-ethyl adjacent to an activating group) is 1. The number of piperidine rings is 1. The Labute approximate surface area is 91.4 Å². The van der Waals surface area contributed by atoms with Crippen molar-refractivity contribution in [1.82, 2.24) is 10.2 Å². The van der Waals surface area contributed by atoms with E-state index in [0.717, 1.165) is 6.54 Å². The van der Waals surface area contributed by atoms with Crippen LogP contribution >= 0.6 is 0 Å². The minimum absolute atomic E-state index is 0.439. The highest BCUT2D eigenvalue weighted by Gasteiger charge is 2.22. The first-order valence-electron chi connectivity index (χ1n) is 5.74. The molecule has 0 aliphatic carbocycles. The van der Waals surface area contributed by atoms with Gasteiger partial charge in [0.2, 0.25) is 0 Å². The van der Waals surface area contributed by atoms with E-state index < -0.39 is 0 Å². The normalized spacial score (nSPS) is 24.3. The van der Waals surface area contributed by atoms with Gasteiger partial charge >= 0.3 is 0 Å². The Bertz CT molecular complexity index is 278. The van der Waals surface area contributed by atoms with Gasteiger partial charge in [0.25, 0.3) is 0 Å². The molecule has 3 nitrogen and oxygen atoms in total. The van der Waals surface area contributed by atoms with Gasteiger partial charge in [-0.05, 0) is 39.4 Å². The van der Waals surface area contributed by atoms with Crippen LogP contribution in [0.25, 0.3) is 0 Å². The molecule has 0 spiro atoms.